The average Bonchev–Trinajstić information content (AvgIpc) is 2.84. The normalized spacial score (nSPS) is 23.9. The van der Waals surface area contributed by atoms with Crippen molar-refractivity contribution < 1.29 is 4.79 Å². The Kier molecular flexibility index (Phi) is 4.21. The largest absolute Gasteiger partial charge is 0.364 e. The van der Waals surface area contributed by atoms with Gasteiger partial charge in [-0.1, -0.05) is 41.4 Å². The molecular weight excluding hydrogens is 371 g/mol. The molecule has 2 heterocycles. The highest BCUT2D eigenvalue weighted by Crippen LogP contribution is 2.42. The van der Waals surface area contributed by atoms with E-state index in [1.807, 2.05) is 54.3 Å². The van der Waals surface area contributed by atoms with E-state index in [1.54, 1.807) is 6.21 Å². The van der Waals surface area contributed by atoms with Gasteiger partial charge in [0.2, 0.25) is 0 Å². The predicted octanol–water partition coefficient (Wildman–Crippen LogP) is 3.63. The van der Waals surface area contributed by atoms with Crippen LogP contribution in [-0.4, -0.2) is 30.0 Å². The van der Waals surface area contributed by atoms with E-state index in [0.29, 0.717) is 15.8 Å². The molecule has 2 aromatic rings. The summed E-state index contributed by atoms with van der Waals surface area (Å²) in [5, 5.41) is 1.23. The van der Waals surface area contributed by atoms with Crippen molar-refractivity contribution in [3.8, 4) is 0 Å². The van der Waals surface area contributed by atoms with Crippen LogP contribution in [0.4, 0.5) is 5.69 Å². The molecule has 2 N–H and O–H groups in total. The van der Waals surface area contributed by atoms with Crippen molar-refractivity contribution >= 4 is 46.7 Å². The molecule has 3 atom stereocenters. The molecule has 0 aliphatic carbocycles. The zero-order valence-corrected chi connectivity index (χ0v) is 15.4. The number of hydrogen-bond donors (Lipinski definition) is 1. The number of nitrogens with zero attached hydrogens (tertiary/aromatic N) is 3. The molecule has 7 heteroatoms. The number of rotatable bonds is 2. The molecule has 0 fully saturated rings. The Labute approximate surface area is 161 Å². The maximum Gasteiger partial charge on any atom is 0.265 e. The van der Waals surface area contributed by atoms with Gasteiger partial charge in [0.05, 0.1) is 0 Å². The molecule has 0 bridgehead atoms. The van der Waals surface area contributed by atoms with Gasteiger partial charge in [0.25, 0.3) is 5.91 Å². The summed E-state index contributed by atoms with van der Waals surface area (Å²) < 4.78 is 0. The van der Waals surface area contributed by atoms with Gasteiger partial charge in [0, 0.05) is 27.5 Å². The summed E-state index contributed by atoms with van der Waals surface area (Å²) in [6.07, 6.45) is 1.49. The van der Waals surface area contributed by atoms with Gasteiger partial charge in [-0.05, 0) is 36.8 Å². The number of benzene rings is 2. The van der Waals surface area contributed by atoms with Crippen molar-refractivity contribution in [2.45, 2.75) is 25.2 Å². The Morgan fingerprint density at radius 3 is 2.65 bits per heavy atom. The van der Waals surface area contributed by atoms with Crippen LogP contribution in [0.3, 0.4) is 0 Å². The molecule has 5 nitrogen and oxygen atoms in total. The van der Waals surface area contributed by atoms with Gasteiger partial charge in [0.15, 0.2) is 0 Å². The van der Waals surface area contributed by atoms with Crippen LogP contribution in [0.15, 0.2) is 52.4 Å². The Bertz CT molecular complexity index is 956. The number of carbonyl (C=O) groups is 1. The number of hydrogen-bond acceptors (Lipinski definition) is 4. The van der Waals surface area contributed by atoms with Crippen LogP contribution in [-0.2, 0) is 4.79 Å². The molecule has 0 saturated heterocycles. The summed E-state index contributed by atoms with van der Waals surface area (Å²) in [4.78, 5) is 23.1. The molecule has 26 heavy (non-hydrogen) atoms. The maximum absolute atomic E-state index is 11.8. The monoisotopic (exact) mass is 386 g/mol. The van der Waals surface area contributed by atoms with E-state index in [4.69, 9.17) is 33.9 Å². The molecule has 3 unspecified atom stereocenters. The van der Waals surface area contributed by atoms with Gasteiger partial charge in [-0.25, -0.2) is 0 Å². The Hall–Kier alpha value is -2.37. The Balaban J connectivity index is 1.93. The number of carbonyl (C=O) groups excluding carboxylic acids is 1. The van der Waals surface area contributed by atoms with Gasteiger partial charge in [-0.3, -0.25) is 14.8 Å². The van der Waals surface area contributed by atoms with Crippen LogP contribution >= 0.6 is 23.2 Å². The molecule has 0 radical (unpaired) electrons. The van der Waals surface area contributed by atoms with E-state index >= 15 is 0 Å². The van der Waals surface area contributed by atoms with Crippen molar-refractivity contribution in [2.24, 2.45) is 15.7 Å². The molecule has 4 rings (SSSR count). The van der Waals surface area contributed by atoms with E-state index < -0.39 is 11.9 Å². The van der Waals surface area contributed by atoms with E-state index in [2.05, 4.69) is 4.99 Å². The van der Waals surface area contributed by atoms with Crippen LogP contribution < -0.4 is 10.6 Å². The van der Waals surface area contributed by atoms with Gasteiger partial charge < -0.3 is 10.6 Å². The quantitative estimate of drug-likeness (QED) is 0.855. The predicted molar refractivity (Wildman–Crippen MR) is 106 cm³/mol. The number of nitrogens with two attached hydrogens (primary N) is 1. The highest BCUT2D eigenvalue weighted by atomic mass is 35.5. The third kappa shape index (κ3) is 2.68. The molecule has 2 aliphatic heterocycles. The second kappa shape index (κ2) is 6.41. The lowest BCUT2D eigenvalue weighted by Gasteiger charge is -2.29. The molecule has 132 valence electrons. The SMILES string of the molecule is CC1N=C(C(N)=O)C2C=NC(c3ccccc3Cl)c3cc(Cl)ccc3N12. The fourth-order valence-electron chi connectivity index (χ4n) is 3.58. The standard InChI is InChI=1S/C19H16Cl2N4O/c1-10-24-18(19(22)26)16-9-23-17(12-4-2-3-5-14(12)21)13-8-11(20)6-7-15(13)25(10)16/h2-10,16-17H,1H3,(H2,22,26). The first kappa shape index (κ1) is 17.1. The van der Waals surface area contributed by atoms with E-state index in [1.165, 1.54) is 0 Å². The number of aliphatic imine (C=N–C) groups is 2. The van der Waals surface area contributed by atoms with Crippen molar-refractivity contribution in [3.05, 3.63) is 63.6 Å². The third-order valence-corrected chi connectivity index (χ3v) is 5.28. The molecule has 0 spiro atoms. The van der Waals surface area contributed by atoms with E-state index in [9.17, 15) is 4.79 Å². The van der Waals surface area contributed by atoms with Gasteiger partial charge in [0.1, 0.15) is 24.0 Å². The summed E-state index contributed by atoms with van der Waals surface area (Å²) in [6.45, 7) is 1.92. The zero-order chi connectivity index (χ0) is 18.4. The lowest BCUT2D eigenvalue weighted by atomic mass is 9.97. The van der Waals surface area contributed by atoms with Crippen molar-refractivity contribution in [3.63, 3.8) is 0 Å². The second-order valence-electron chi connectivity index (χ2n) is 6.29. The molecule has 0 aromatic heterocycles. The number of primary amides is 1. The average molecular weight is 387 g/mol. The van der Waals surface area contributed by atoms with Crippen LogP contribution in [0.25, 0.3) is 0 Å². The number of anilines is 1. The van der Waals surface area contributed by atoms with Crippen LogP contribution in [0.2, 0.25) is 10.0 Å². The highest BCUT2D eigenvalue weighted by molar-refractivity contribution is 6.45. The molecule has 1 amide bonds. The second-order valence-corrected chi connectivity index (χ2v) is 7.13. The fraction of sp³-hybridized carbons (Fsp3) is 0.211. The molecular formula is C19H16Cl2N4O. The van der Waals surface area contributed by atoms with Crippen molar-refractivity contribution in [1.29, 1.82) is 0 Å². The third-order valence-electron chi connectivity index (χ3n) is 4.70. The highest BCUT2D eigenvalue weighted by Gasteiger charge is 2.39. The lowest BCUT2D eigenvalue weighted by molar-refractivity contribution is -0.112. The van der Waals surface area contributed by atoms with Crippen LogP contribution in [0.1, 0.15) is 24.1 Å². The summed E-state index contributed by atoms with van der Waals surface area (Å²) in [6, 6.07) is 12.5. The zero-order valence-electron chi connectivity index (χ0n) is 13.9. The minimum Gasteiger partial charge on any atom is -0.364 e. The lowest BCUT2D eigenvalue weighted by Crippen LogP contribution is -2.44. The smallest absolute Gasteiger partial charge is 0.265 e. The van der Waals surface area contributed by atoms with Gasteiger partial charge >= 0.3 is 0 Å². The number of amides is 1. The first-order valence-corrected chi connectivity index (χ1v) is 8.96. The number of fused-ring (bicyclic) bond motifs is 3. The first-order valence-electron chi connectivity index (χ1n) is 8.20. The number of halogens is 2. The maximum atomic E-state index is 11.8. The van der Waals surface area contributed by atoms with Crippen LogP contribution in [0, 0.1) is 0 Å². The first-order chi connectivity index (χ1) is 12.5. The molecule has 2 aliphatic rings. The fourth-order valence-corrected chi connectivity index (χ4v) is 4.00. The Morgan fingerprint density at radius 2 is 1.92 bits per heavy atom. The van der Waals surface area contributed by atoms with Crippen LogP contribution in [0.5, 0.6) is 0 Å². The topological polar surface area (TPSA) is 71.0 Å². The Morgan fingerprint density at radius 1 is 1.15 bits per heavy atom. The van der Waals surface area contributed by atoms with Gasteiger partial charge in [-0.2, -0.15) is 0 Å². The summed E-state index contributed by atoms with van der Waals surface area (Å²) in [5.74, 6) is -0.539. The van der Waals surface area contributed by atoms with E-state index in [0.717, 1.165) is 16.8 Å². The van der Waals surface area contributed by atoms with Crippen molar-refractivity contribution in [1.82, 2.24) is 0 Å². The van der Waals surface area contributed by atoms with Crippen molar-refractivity contribution in [2.75, 3.05) is 4.90 Å². The molecule has 0 saturated carbocycles. The summed E-state index contributed by atoms with van der Waals surface area (Å²) >= 11 is 12.7. The van der Waals surface area contributed by atoms with E-state index in [-0.39, 0.29) is 12.2 Å². The van der Waals surface area contributed by atoms with Gasteiger partial charge in [-0.15, -0.1) is 0 Å². The summed E-state index contributed by atoms with van der Waals surface area (Å²) in [5.41, 5.74) is 8.54. The molecule has 2 aromatic carbocycles. The minimum absolute atomic E-state index is 0.237. The summed E-state index contributed by atoms with van der Waals surface area (Å²) in [7, 11) is 0. The minimum atomic E-state index is -0.539.